The molecular weight excluding hydrogens is 402 g/mol. The molecule has 0 aliphatic carbocycles. The minimum Gasteiger partial charge on any atom is -0.493 e. The fourth-order valence-corrected chi connectivity index (χ4v) is 3.65. The van der Waals surface area contributed by atoms with Crippen LogP contribution in [0.4, 0.5) is 0 Å². The number of aromatic nitrogens is 2. The summed E-state index contributed by atoms with van der Waals surface area (Å²) < 4.78 is 12.6. The number of rotatable bonds is 7. The summed E-state index contributed by atoms with van der Waals surface area (Å²) in [5, 5.41) is 4.75. The molecule has 0 radical (unpaired) electrons. The normalized spacial score (nSPS) is 10.6. The second-order valence-electron chi connectivity index (χ2n) is 7.34. The van der Waals surface area contributed by atoms with Gasteiger partial charge in [-0.1, -0.05) is 60.7 Å². The Bertz CT molecular complexity index is 1200. The Morgan fingerprint density at radius 3 is 2.25 bits per heavy atom. The Balaban J connectivity index is 1.71. The van der Waals surface area contributed by atoms with Crippen LogP contribution in [0.2, 0.25) is 0 Å². The summed E-state index contributed by atoms with van der Waals surface area (Å²) in [6, 6.07) is 27.0. The van der Waals surface area contributed by atoms with E-state index in [2.05, 4.69) is 0 Å². The highest BCUT2D eigenvalue weighted by Gasteiger charge is 2.22. The second-order valence-corrected chi connectivity index (χ2v) is 7.34. The Morgan fingerprint density at radius 1 is 0.906 bits per heavy atom. The maximum atomic E-state index is 13.5. The zero-order valence-corrected chi connectivity index (χ0v) is 18.4. The average Bonchev–Trinajstić information content (AvgIpc) is 3.30. The molecule has 4 aromatic rings. The molecule has 0 fully saturated rings. The van der Waals surface area contributed by atoms with Crippen molar-refractivity contribution in [2.45, 2.75) is 6.54 Å². The molecule has 0 spiro atoms. The lowest BCUT2D eigenvalue weighted by molar-refractivity contribution is 0.0775. The van der Waals surface area contributed by atoms with Gasteiger partial charge in [0.25, 0.3) is 5.91 Å². The van der Waals surface area contributed by atoms with E-state index < -0.39 is 0 Å². The number of hydrogen-bond acceptors (Lipinski definition) is 4. The predicted molar refractivity (Wildman–Crippen MR) is 124 cm³/mol. The van der Waals surface area contributed by atoms with Crippen molar-refractivity contribution in [1.82, 2.24) is 14.7 Å². The monoisotopic (exact) mass is 427 g/mol. The van der Waals surface area contributed by atoms with Crippen LogP contribution in [-0.2, 0) is 6.54 Å². The van der Waals surface area contributed by atoms with Gasteiger partial charge in [-0.25, -0.2) is 4.68 Å². The van der Waals surface area contributed by atoms with Gasteiger partial charge in [0, 0.05) is 24.7 Å². The number of hydrogen-bond donors (Lipinski definition) is 0. The number of carbonyl (C=O) groups excluding carboxylic acids is 1. The molecule has 6 heteroatoms. The quantitative estimate of drug-likeness (QED) is 0.424. The molecule has 0 saturated heterocycles. The third-order valence-electron chi connectivity index (χ3n) is 5.24. The predicted octanol–water partition coefficient (Wildman–Crippen LogP) is 4.83. The number of ether oxygens (including phenoxy) is 2. The second kappa shape index (κ2) is 9.39. The maximum absolute atomic E-state index is 13.5. The molecule has 0 aliphatic rings. The first-order chi connectivity index (χ1) is 15.6. The van der Waals surface area contributed by atoms with Crippen molar-refractivity contribution < 1.29 is 14.3 Å². The molecule has 1 aromatic heterocycles. The highest BCUT2D eigenvalue weighted by Crippen LogP contribution is 2.32. The van der Waals surface area contributed by atoms with E-state index in [1.165, 1.54) is 0 Å². The minimum atomic E-state index is -0.145. The Morgan fingerprint density at radius 2 is 1.59 bits per heavy atom. The lowest BCUT2D eigenvalue weighted by Gasteiger charge is -2.20. The number of para-hydroxylation sites is 2. The molecule has 0 unspecified atom stereocenters. The Kier molecular flexibility index (Phi) is 6.22. The molecule has 0 N–H and O–H groups in total. The zero-order chi connectivity index (χ0) is 22.5. The number of methoxy groups -OCH3 is 2. The van der Waals surface area contributed by atoms with E-state index in [1.807, 2.05) is 84.9 Å². The van der Waals surface area contributed by atoms with Crippen molar-refractivity contribution in [3.63, 3.8) is 0 Å². The van der Waals surface area contributed by atoms with Gasteiger partial charge < -0.3 is 14.4 Å². The van der Waals surface area contributed by atoms with Gasteiger partial charge in [-0.15, -0.1) is 0 Å². The molecule has 0 atom stereocenters. The summed E-state index contributed by atoms with van der Waals surface area (Å²) >= 11 is 0. The van der Waals surface area contributed by atoms with Crippen LogP contribution in [0.3, 0.4) is 0 Å². The standard InChI is InChI=1S/C26H25N3O3/c1-28(18-20-13-10-16-24(31-2)25(20)32-3)26(30)23-17-22(19-11-6-4-7-12-19)27-29(23)21-14-8-5-9-15-21/h4-17H,18H2,1-3H3. The first kappa shape index (κ1) is 21.2. The van der Waals surface area contributed by atoms with Crippen LogP contribution in [0.5, 0.6) is 11.5 Å². The van der Waals surface area contributed by atoms with Crippen LogP contribution >= 0.6 is 0 Å². The largest absolute Gasteiger partial charge is 0.493 e. The van der Waals surface area contributed by atoms with Crippen molar-refractivity contribution >= 4 is 5.91 Å². The van der Waals surface area contributed by atoms with Gasteiger partial charge in [-0.2, -0.15) is 5.10 Å². The van der Waals surface area contributed by atoms with Gasteiger partial charge in [0.1, 0.15) is 5.69 Å². The topological polar surface area (TPSA) is 56.6 Å². The lowest BCUT2D eigenvalue weighted by Crippen LogP contribution is -2.28. The molecule has 162 valence electrons. The highest BCUT2D eigenvalue weighted by molar-refractivity contribution is 5.94. The van der Waals surface area contributed by atoms with Crippen molar-refractivity contribution in [2.24, 2.45) is 0 Å². The summed E-state index contributed by atoms with van der Waals surface area (Å²) in [6.45, 7) is 0.361. The molecule has 4 rings (SSSR count). The van der Waals surface area contributed by atoms with E-state index in [-0.39, 0.29) is 5.91 Å². The van der Waals surface area contributed by atoms with E-state index in [4.69, 9.17) is 14.6 Å². The molecule has 0 saturated carbocycles. The fraction of sp³-hybridized carbons (Fsp3) is 0.154. The fourth-order valence-electron chi connectivity index (χ4n) is 3.65. The van der Waals surface area contributed by atoms with Crippen LogP contribution < -0.4 is 9.47 Å². The van der Waals surface area contributed by atoms with Crippen molar-refractivity contribution in [3.05, 3.63) is 96.2 Å². The van der Waals surface area contributed by atoms with Gasteiger partial charge in [0.05, 0.1) is 25.6 Å². The van der Waals surface area contributed by atoms with E-state index in [9.17, 15) is 4.79 Å². The number of nitrogens with zero attached hydrogens (tertiary/aromatic N) is 3. The Labute approximate surface area is 187 Å². The summed E-state index contributed by atoms with van der Waals surface area (Å²) in [5.41, 5.74) is 3.86. The van der Waals surface area contributed by atoms with E-state index in [0.29, 0.717) is 23.7 Å². The molecule has 0 bridgehead atoms. The van der Waals surface area contributed by atoms with Gasteiger partial charge in [0.2, 0.25) is 0 Å². The molecule has 1 heterocycles. The van der Waals surface area contributed by atoms with E-state index in [0.717, 1.165) is 22.5 Å². The maximum Gasteiger partial charge on any atom is 0.272 e. The van der Waals surface area contributed by atoms with Gasteiger partial charge in [-0.05, 0) is 24.3 Å². The molecular formula is C26H25N3O3. The highest BCUT2D eigenvalue weighted by atomic mass is 16.5. The third kappa shape index (κ3) is 4.21. The van der Waals surface area contributed by atoms with Crippen molar-refractivity contribution in [3.8, 4) is 28.4 Å². The summed E-state index contributed by atoms with van der Waals surface area (Å²) in [4.78, 5) is 15.2. The van der Waals surface area contributed by atoms with Crippen LogP contribution in [0, 0.1) is 0 Å². The zero-order valence-electron chi connectivity index (χ0n) is 18.4. The third-order valence-corrected chi connectivity index (χ3v) is 5.24. The average molecular weight is 428 g/mol. The van der Waals surface area contributed by atoms with Gasteiger partial charge >= 0.3 is 0 Å². The van der Waals surface area contributed by atoms with E-state index >= 15 is 0 Å². The van der Waals surface area contributed by atoms with Crippen molar-refractivity contribution in [1.29, 1.82) is 0 Å². The van der Waals surface area contributed by atoms with Gasteiger partial charge in [-0.3, -0.25) is 4.79 Å². The molecule has 3 aromatic carbocycles. The number of amides is 1. The molecule has 32 heavy (non-hydrogen) atoms. The number of carbonyl (C=O) groups is 1. The summed E-state index contributed by atoms with van der Waals surface area (Å²) in [6.07, 6.45) is 0. The first-order valence-electron chi connectivity index (χ1n) is 10.3. The number of benzene rings is 3. The van der Waals surface area contributed by atoms with E-state index in [1.54, 1.807) is 30.8 Å². The molecule has 0 aliphatic heterocycles. The smallest absolute Gasteiger partial charge is 0.272 e. The molecule has 6 nitrogen and oxygen atoms in total. The summed E-state index contributed by atoms with van der Waals surface area (Å²) in [5.74, 6) is 1.11. The van der Waals surface area contributed by atoms with Crippen LogP contribution in [0.15, 0.2) is 84.9 Å². The van der Waals surface area contributed by atoms with Crippen LogP contribution in [0.1, 0.15) is 16.1 Å². The van der Waals surface area contributed by atoms with Gasteiger partial charge in [0.15, 0.2) is 11.5 Å². The summed E-state index contributed by atoms with van der Waals surface area (Å²) in [7, 11) is 4.96. The molecule has 1 amide bonds. The van der Waals surface area contributed by atoms with Crippen LogP contribution in [-0.4, -0.2) is 41.9 Å². The SMILES string of the molecule is COc1cccc(CN(C)C(=O)c2cc(-c3ccccc3)nn2-c2ccccc2)c1OC. The first-order valence-corrected chi connectivity index (χ1v) is 10.3. The lowest BCUT2D eigenvalue weighted by atomic mass is 10.1. The minimum absolute atomic E-state index is 0.145. The van der Waals surface area contributed by atoms with Crippen molar-refractivity contribution in [2.75, 3.05) is 21.3 Å². The Hall–Kier alpha value is -4.06. The van der Waals surface area contributed by atoms with Crippen LogP contribution in [0.25, 0.3) is 16.9 Å².